The lowest BCUT2D eigenvalue weighted by Gasteiger charge is -2.17. The van der Waals surface area contributed by atoms with Crippen LogP contribution < -0.4 is 0 Å². The van der Waals surface area contributed by atoms with Crippen LogP contribution in [0.4, 0.5) is 0 Å². The van der Waals surface area contributed by atoms with Crippen LogP contribution >= 0.6 is 0 Å². The summed E-state index contributed by atoms with van der Waals surface area (Å²) in [7, 11) is 0. The number of rotatable bonds is 0. The van der Waals surface area contributed by atoms with E-state index in [1.807, 2.05) is 0 Å². The molecule has 0 aromatic heterocycles. The van der Waals surface area contributed by atoms with E-state index in [4.69, 9.17) is 4.74 Å². The van der Waals surface area contributed by atoms with E-state index in [2.05, 4.69) is 60.7 Å². The second kappa shape index (κ2) is 3.26. The maximum absolute atomic E-state index is 6.05. The molecule has 21 heavy (non-hydrogen) atoms. The first-order chi connectivity index (χ1) is 10.4. The third-order valence-electron chi connectivity index (χ3n) is 5.02. The van der Waals surface area contributed by atoms with Crippen LogP contribution in [0.3, 0.4) is 0 Å². The van der Waals surface area contributed by atoms with Gasteiger partial charge in [0, 0.05) is 5.56 Å². The number of hydrogen-bond donors (Lipinski definition) is 0. The third-order valence-corrected chi connectivity index (χ3v) is 5.02. The standard InChI is InChI=1S/C20H12O/c1-2-6-14-12(4-1)10-13-9-8-11-5-3-7-15-16(11)17(13)18(14)20-19(15)21-20/h1-10,19-20H/t19-,20+/m1/s1. The molecule has 1 saturated heterocycles. The summed E-state index contributed by atoms with van der Waals surface area (Å²) in [5, 5.41) is 8.12. The fourth-order valence-electron chi connectivity index (χ4n) is 4.11. The van der Waals surface area contributed by atoms with Crippen molar-refractivity contribution in [3.8, 4) is 0 Å². The Morgan fingerprint density at radius 1 is 0.667 bits per heavy atom. The molecule has 0 amide bonds. The Kier molecular flexibility index (Phi) is 1.61. The van der Waals surface area contributed by atoms with E-state index in [1.54, 1.807) is 0 Å². The molecule has 1 aliphatic carbocycles. The van der Waals surface area contributed by atoms with Crippen molar-refractivity contribution in [2.45, 2.75) is 12.2 Å². The van der Waals surface area contributed by atoms with Gasteiger partial charge in [-0.25, -0.2) is 0 Å². The van der Waals surface area contributed by atoms with Crippen molar-refractivity contribution in [1.82, 2.24) is 0 Å². The lowest BCUT2D eigenvalue weighted by atomic mass is 9.83. The molecule has 0 spiro atoms. The minimum Gasteiger partial charge on any atom is -0.359 e. The molecule has 2 aliphatic rings. The molecule has 2 atom stereocenters. The highest BCUT2D eigenvalue weighted by molar-refractivity contribution is 6.17. The van der Waals surface area contributed by atoms with Crippen molar-refractivity contribution in [2.24, 2.45) is 0 Å². The fraction of sp³-hybridized carbons (Fsp3) is 0.100. The van der Waals surface area contributed by atoms with Gasteiger partial charge in [0.2, 0.25) is 0 Å². The van der Waals surface area contributed by atoms with Gasteiger partial charge in [0.05, 0.1) is 0 Å². The molecule has 1 aliphatic heterocycles. The van der Waals surface area contributed by atoms with Crippen LogP contribution in [-0.4, -0.2) is 0 Å². The number of hydrogen-bond acceptors (Lipinski definition) is 1. The molecule has 0 N–H and O–H groups in total. The normalized spacial score (nSPS) is 22.1. The first kappa shape index (κ1) is 10.4. The fourth-order valence-corrected chi connectivity index (χ4v) is 4.11. The van der Waals surface area contributed by atoms with Gasteiger partial charge in [0.15, 0.2) is 0 Å². The Hall–Kier alpha value is -2.38. The summed E-state index contributed by atoms with van der Waals surface area (Å²) in [6.07, 6.45) is 0.511. The summed E-state index contributed by atoms with van der Waals surface area (Å²) >= 11 is 0. The molecule has 0 saturated carbocycles. The molecular formula is C20H12O. The molecule has 4 aromatic carbocycles. The van der Waals surface area contributed by atoms with E-state index < -0.39 is 0 Å². The van der Waals surface area contributed by atoms with Crippen molar-refractivity contribution in [2.75, 3.05) is 0 Å². The smallest absolute Gasteiger partial charge is 0.115 e. The molecular weight excluding hydrogens is 256 g/mol. The zero-order valence-electron chi connectivity index (χ0n) is 11.3. The summed E-state index contributed by atoms with van der Waals surface area (Å²) in [5.41, 5.74) is 2.77. The molecule has 6 rings (SSSR count). The van der Waals surface area contributed by atoms with E-state index in [-0.39, 0.29) is 12.2 Å². The van der Waals surface area contributed by atoms with Crippen molar-refractivity contribution >= 4 is 32.3 Å². The Morgan fingerprint density at radius 2 is 1.52 bits per heavy atom. The Labute approximate surface area is 121 Å². The zero-order valence-corrected chi connectivity index (χ0v) is 11.3. The van der Waals surface area contributed by atoms with Crippen LogP contribution in [0.25, 0.3) is 32.3 Å². The first-order valence-electron chi connectivity index (χ1n) is 7.44. The highest BCUT2D eigenvalue weighted by Crippen LogP contribution is 2.60. The van der Waals surface area contributed by atoms with Gasteiger partial charge < -0.3 is 4.74 Å². The summed E-state index contributed by atoms with van der Waals surface area (Å²) < 4.78 is 6.05. The first-order valence-corrected chi connectivity index (χ1v) is 7.44. The van der Waals surface area contributed by atoms with Gasteiger partial charge in [-0.1, -0.05) is 54.6 Å². The molecule has 1 fully saturated rings. The van der Waals surface area contributed by atoms with Gasteiger partial charge in [-0.3, -0.25) is 0 Å². The topological polar surface area (TPSA) is 12.5 Å². The summed E-state index contributed by atoms with van der Waals surface area (Å²) in [6.45, 7) is 0. The van der Waals surface area contributed by atoms with Crippen molar-refractivity contribution in [3.05, 3.63) is 71.8 Å². The monoisotopic (exact) mass is 268 g/mol. The SMILES string of the molecule is c1ccc2c3c4c(ccc5cccc(c54)[C@H]4O[C@@H]34)cc2c1. The van der Waals surface area contributed by atoms with Crippen LogP contribution in [0.15, 0.2) is 60.7 Å². The molecule has 0 bridgehead atoms. The summed E-state index contributed by atoms with van der Waals surface area (Å²) in [4.78, 5) is 0. The minimum absolute atomic E-state index is 0.249. The largest absolute Gasteiger partial charge is 0.359 e. The van der Waals surface area contributed by atoms with Crippen LogP contribution in [0, 0.1) is 0 Å². The summed E-state index contributed by atoms with van der Waals surface area (Å²) in [6, 6.07) is 22.1. The lowest BCUT2D eigenvalue weighted by Crippen LogP contribution is -1.97. The molecule has 98 valence electrons. The number of ether oxygens (including phenoxy) is 1. The second-order valence-electron chi connectivity index (χ2n) is 6.10. The maximum atomic E-state index is 6.05. The number of fused-ring (bicyclic) bond motifs is 5. The Balaban J connectivity index is 2.01. The Bertz CT molecular complexity index is 1080. The van der Waals surface area contributed by atoms with E-state index in [0.717, 1.165) is 0 Å². The highest BCUT2D eigenvalue weighted by atomic mass is 16.6. The van der Waals surface area contributed by atoms with Gasteiger partial charge in [-0.05, 0) is 43.9 Å². The van der Waals surface area contributed by atoms with Crippen LogP contribution in [0.1, 0.15) is 23.3 Å². The van der Waals surface area contributed by atoms with Crippen molar-refractivity contribution in [3.63, 3.8) is 0 Å². The van der Waals surface area contributed by atoms with Crippen molar-refractivity contribution < 1.29 is 4.74 Å². The van der Waals surface area contributed by atoms with Gasteiger partial charge in [0.1, 0.15) is 12.2 Å². The molecule has 1 nitrogen and oxygen atoms in total. The summed E-state index contributed by atoms with van der Waals surface area (Å²) in [5.74, 6) is 0. The van der Waals surface area contributed by atoms with Crippen LogP contribution in [-0.2, 0) is 4.74 Å². The van der Waals surface area contributed by atoms with Crippen molar-refractivity contribution in [1.29, 1.82) is 0 Å². The number of benzene rings is 4. The van der Waals surface area contributed by atoms with E-state index in [1.165, 1.54) is 43.4 Å². The second-order valence-corrected chi connectivity index (χ2v) is 6.10. The molecule has 1 heterocycles. The minimum atomic E-state index is 0.249. The molecule has 0 unspecified atom stereocenters. The van der Waals surface area contributed by atoms with Crippen LogP contribution in [0.5, 0.6) is 0 Å². The third kappa shape index (κ3) is 1.13. The predicted molar refractivity (Wildman–Crippen MR) is 85.5 cm³/mol. The highest BCUT2D eigenvalue weighted by Gasteiger charge is 2.47. The molecule has 1 heteroatoms. The van der Waals surface area contributed by atoms with Gasteiger partial charge >= 0.3 is 0 Å². The van der Waals surface area contributed by atoms with E-state index in [0.29, 0.717) is 0 Å². The lowest BCUT2D eigenvalue weighted by molar-refractivity contribution is 0.381. The number of epoxide rings is 1. The van der Waals surface area contributed by atoms with E-state index in [9.17, 15) is 0 Å². The van der Waals surface area contributed by atoms with Gasteiger partial charge in [0.25, 0.3) is 0 Å². The van der Waals surface area contributed by atoms with E-state index >= 15 is 0 Å². The predicted octanol–water partition coefficient (Wildman–Crippen LogP) is 5.27. The zero-order chi connectivity index (χ0) is 13.6. The quantitative estimate of drug-likeness (QED) is 0.240. The molecule has 0 radical (unpaired) electrons. The Morgan fingerprint density at radius 3 is 2.52 bits per heavy atom. The average molecular weight is 268 g/mol. The van der Waals surface area contributed by atoms with Gasteiger partial charge in [-0.2, -0.15) is 0 Å². The maximum Gasteiger partial charge on any atom is 0.115 e. The van der Waals surface area contributed by atoms with Crippen LogP contribution in [0.2, 0.25) is 0 Å². The van der Waals surface area contributed by atoms with Gasteiger partial charge in [-0.15, -0.1) is 0 Å². The average Bonchev–Trinajstić information content (AvgIpc) is 3.33. The molecule has 4 aromatic rings.